The summed E-state index contributed by atoms with van der Waals surface area (Å²) in [5.74, 6) is 0.893. The first kappa shape index (κ1) is 11.9. The number of carbonyl (C=O) groups excluding carboxylic acids is 1. The molecule has 1 saturated heterocycles. The fourth-order valence-electron chi connectivity index (χ4n) is 3.63. The smallest absolute Gasteiger partial charge is 0.257 e. The molecule has 4 nitrogen and oxygen atoms in total. The molecule has 0 spiro atoms. The molecule has 3 heterocycles. The molecule has 1 amide bonds. The summed E-state index contributed by atoms with van der Waals surface area (Å²) < 4.78 is 0. The van der Waals surface area contributed by atoms with E-state index < -0.39 is 0 Å². The summed E-state index contributed by atoms with van der Waals surface area (Å²) in [7, 11) is 0. The SMILES string of the molecule is O=C(c1c[nH]c2cccnc12)N1CCCC1C1CCC1. The Kier molecular flexibility index (Phi) is 2.76. The zero-order valence-electron chi connectivity index (χ0n) is 11.5. The van der Waals surface area contributed by atoms with Crippen molar-refractivity contribution < 1.29 is 4.79 Å². The van der Waals surface area contributed by atoms with Gasteiger partial charge in [0.15, 0.2) is 0 Å². The lowest BCUT2D eigenvalue weighted by Gasteiger charge is -2.36. The highest BCUT2D eigenvalue weighted by atomic mass is 16.2. The monoisotopic (exact) mass is 269 g/mol. The van der Waals surface area contributed by atoms with Crippen LogP contribution in [0.4, 0.5) is 0 Å². The molecular weight excluding hydrogens is 250 g/mol. The Balaban J connectivity index is 1.66. The molecule has 1 saturated carbocycles. The predicted octanol–water partition coefficient (Wildman–Crippen LogP) is 2.97. The number of aromatic amines is 1. The van der Waals surface area contributed by atoms with Gasteiger partial charge in [0, 0.05) is 25.0 Å². The Morgan fingerprint density at radius 2 is 2.20 bits per heavy atom. The molecule has 1 aliphatic heterocycles. The van der Waals surface area contributed by atoms with E-state index in [0.717, 1.165) is 35.5 Å². The van der Waals surface area contributed by atoms with Crippen LogP contribution in [-0.2, 0) is 0 Å². The number of rotatable bonds is 2. The van der Waals surface area contributed by atoms with Crippen molar-refractivity contribution in [2.45, 2.75) is 38.1 Å². The van der Waals surface area contributed by atoms with Crippen LogP contribution in [0.3, 0.4) is 0 Å². The molecule has 2 aromatic heterocycles. The highest BCUT2D eigenvalue weighted by Crippen LogP contribution is 2.38. The van der Waals surface area contributed by atoms with Gasteiger partial charge in [-0.3, -0.25) is 9.78 Å². The molecule has 2 aromatic rings. The van der Waals surface area contributed by atoms with Crippen LogP contribution in [0.25, 0.3) is 11.0 Å². The van der Waals surface area contributed by atoms with Crippen molar-refractivity contribution in [2.75, 3.05) is 6.54 Å². The van der Waals surface area contributed by atoms with Gasteiger partial charge in [0.05, 0.1) is 11.1 Å². The van der Waals surface area contributed by atoms with Gasteiger partial charge in [0.25, 0.3) is 5.91 Å². The maximum Gasteiger partial charge on any atom is 0.257 e. The van der Waals surface area contributed by atoms with E-state index in [1.807, 2.05) is 18.3 Å². The number of hydrogen-bond acceptors (Lipinski definition) is 2. The minimum Gasteiger partial charge on any atom is -0.359 e. The van der Waals surface area contributed by atoms with Crippen LogP contribution >= 0.6 is 0 Å². The van der Waals surface area contributed by atoms with E-state index in [0.29, 0.717) is 6.04 Å². The molecule has 0 bridgehead atoms. The average molecular weight is 269 g/mol. The fourth-order valence-corrected chi connectivity index (χ4v) is 3.63. The highest BCUT2D eigenvalue weighted by molar-refractivity contribution is 6.05. The third-order valence-corrected chi connectivity index (χ3v) is 4.92. The van der Waals surface area contributed by atoms with Crippen LogP contribution in [0.1, 0.15) is 42.5 Å². The van der Waals surface area contributed by atoms with Crippen LogP contribution in [0.5, 0.6) is 0 Å². The summed E-state index contributed by atoms with van der Waals surface area (Å²) in [6, 6.07) is 4.32. The number of nitrogens with one attached hydrogen (secondary N) is 1. The second-order valence-electron chi connectivity index (χ2n) is 6.00. The summed E-state index contributed by atoms with van der Waals surface area (Å²) >= 11 is 0. The summed E-state index contributed by atoms with van der Waals surface area (Å²) in [6.07, 6.45) is 9.80. The van der Waals surface area contributed by atoms with E-state index in [-0.39, 0.29) is 5.91 Å². The minimum atomic E-state index is 0.157. The van der Waals surface area contributed by atoms with Crippen LogP contribution in [-0.4, -0.2) is 33.4 Å². The molecule has 104 valence electrons. The van der Waals surface area contributed by atoms with Crippen molar-refractivity contribution >= 4 is 16.9 Å². The lowest BCUT2D eigenvalue weighted by atomic mass is 9.78. The number of likely N-dealkylation sites (tertiary alicyclic amines) is 1. The van der Waals surface area contributed by atoms with Gasteiger partial charge in [0.1, 0.15) is 5.52 Å². The lowest BCUT2D eigenvalue weighted by molar-refractivity contribution is 0.0628. The molecule has 4 rings (SSSR count). The Labute approximate surface area is 118 Å². The summed E-state index contributed by atoms with van der Waals surface area (Å²) in [5, 5.41) is 0. The van der Waals surface area contributed by atoms with Crippen LogP contribution in [0.2, 0.25) is 0 Å². The molecule has 2 aliphatic rings. The maximum absolute atomic E-state index is 12.8. The molecule has 2 fully saturated rings. The zero-order valence-corrected chi connectivity index (χ0v) is 11.5. The van der Waals surface area contributed by atoms with Crippen LogP contribution in [0, 0.1) is 5.92 Å². The first-order chi connectivity index (χ1) is 9.84. The Bertz CT molecular complexity index is 644. The van der Waals surface area contributed by atoms with E-state index >= 15 is 0 Å². The van der Waals surface area contributed by atoms with Gasteiger partial charge in [-0.25, -0.2) is 0 Å². The Hall–Kier alpha value is -1.84. The topological polar surface area (TPSA) is 49.0 Å². The predicted molar refractivity (Wildman–Crippen MR) is 77.5 cm³/mol. The van der Waals surface area contributed by atoms with E-state index in [9.17, 15) is 4.79 Å². The zero-order chi connectivity index (χ0) is 13.5. The van der Waals surface area contributed by atoms with Gasteiger partial charge in [0.2, 0.25) is 0 Å². The number of hydrogen-bond donors (Lipinski definition) is 1. The third-order valence-electron chi connectivity index (χ3n) is 4.92. The molecule has 0 aromatic carbocycles. The minimum absolute atomic E-state index is 0.157. The molecule has 4 heteroatoms. The Morgan fingerprint density at radius 3 is 3.00 bits per heavy atom. The van der Waals surface area contributed by atoms with Crippen molar-refractivity contribution in [2.24, 2.45) is 5.92 Å². The molecule has 1 N–H and O–H groups in total. The number of fused-ring (bicyclic) bond motifs is 1. The largest absolute Gasteiger partial charge is 0.359 e. The summed E-state index contributed by atoms with van der Waals surface area (Å²) in [5.41, 5.74) is 2.47. The van der Waals surface area contributed by atoms with Gasteiger partial charge in [-0.05, 0) is 43.7 Å². The summed E-state index contributed by atoms with van der Waals surface area (Å²) in [6.45, 7) is 0.902. The van der Waals surface area contributed by atoms with E-state index in [4.69, 9.17) is 0 Å². The van der Waals surface area contributed by atoms with Crippen molar-refractivity contribution in [3.8, 4) is 0 Å². The molecule has 1 aliphatic carbocycles. The lowest BCUT2D eigenvalue weighted by Crippen LogP contribution is -2.42. The first-order valence-corrected chi connectivity index (χ1v) is 7.57. The van der Waals surface area contributed by atoms with E-state index in [1.165, 1.54) is 25.7 Å². The second kappa shape index (κ2) is 4.62. The number of amides is 1. The second-order valence-corrected chi connectivity index (χ2v) is 6.00. The number of pyridine rings is 1. The van der Waals surface area contributed by atoms with Crippen molar-refractivity contribution in [1.82, 2.24) is 14.9 Å². The van der Waals surface area contributed by atoms with Gasteiger partial charge in [-0.1, -0.05) is 6.42 Å². The van der Waals surface area contributed by atoms with Gasteiger partial charge in [-0.15, -0.1) is 0 Å². The van der Waals surface area contributed by atoms with E-state index in [1.54, 1.807) is 6.20 Å². The first-order valence-electron chi connectivity index (χ1n) is 7.57. The maximum atomic E-state index is 12.8. The van der Waals surface area contributed by atoms with Gasteiger partial charge in [-0.2, -0.15) is 0 Å². The van der Waals surface area contributed by atoms with E-state index in [2.05, 4.69) is 14.9 Å². The number of H-pyrrole nitrogens is 1. The van der Waals surface area contributed by atoms with Crippen molar-refractivity contribution in [3.05, 3.63) is 30.1 Å². The fraction of sp³-hybridized carbons (Fsp3) is 0.500. The highest BCUT2D eigenvalue weighted by Gasteiger charge is 2.38. The number of carbonyl (C=O) groups is 1. The standard InChI is InChI=1S/C16H19N3O/c20-16(12-10-18-13-6-2-8-17-15(12)13)19-9-3-7-14(19)11-4-1-5-11/h2,6,8,10-11,14,18H,1,3-5,7,9H2. The van der Waals surface area contributed by atoms with Crippen molar-refractivity contribution in [3.63, 3.8) is 0 Å². The number of aromatic nitrogens is 2. The summed E-state index contributed by atoms with van der Waals surface area (Å²) in [4.78, 5) is 22.5. The van der Waals surface area contributed by atoms with Crippen LogP contribution < -0.4 is 0 Å². The number of nitrogens with zero attached hydrogens (tertiary/aromatic N) is 2. The Morgan fingerprint density at radius 1 is 1.30 bits per heavy atom. The molecule has 0 radical (unpaired) electrons. The molecule has 20 heavy (non-hydrogen) atoms. The quantitative estimate of drug-likeness (QED) is 0.911. The average Bonchev–Trinajstić information content (AvgIpc) is 3.02. The van der Waals surface area contributed by atoms with Crippen molar-refractivity contribution in [1.29, 1.82) is 0 Å². The molecule has 1 atom stereocenters. The normalized spacial score (nSPS) is 23.2. The van der Waals surface area contributed by atoms with Gasteiger partial charge >= 0.3 is 0 Å². The molecular formula is C16H19N3O. The molecule has 1 unspecified atom stereocenters. The van der Waals surface area contributed by atoms with Crippen LogP contribution in [0.15, 0.2) is 24.5 Å². The third kappa shape index (κ3) is 1.74. The van der Waals surface area contributed by atoms with Gasteiger partial charge < -0.3 is 9.88 Å².